The van der Waals surface area contributed by atoms with Gasteiger partial charge in [-0.2, -0.15) is 8.78 Å². The number of sulfonamides is 1. The zero-order valence-corrected chi connectivity index (χ0v) is 12.1. The normalized spacial score (nSPS) is 13.1. The molecular weight excluding hydrogens is 300 g/mol. The lowest BCUT2D eigenvalue weighted by Gasteiger charge is -2.25. The molecule has 0 aliphatic heterocycles. The standard InChI is InChI=1S/C10H17F2NO6S/c1-9(2,3)19-10(11,12)8(16)13-20(17,18)6-4-5-7(14)15/h4-6H2,1-3H3,(H,13,16)(H,14,15). The lowest BCUT2D eigenvalue weighted by Crippen LogP contribution is -2.48. The van der Waals surface area contributed by atoms with Crippen molar-refractivity contribution < 1.29 is 36.6 Å². The van der Waals surface area contributed by atoms with Gasteiger partial charge in [-0.3, -0.25) is 9.59 Å². The fraction of sp³-hybridized carbons (Fsp3) is 0.800. The third kappa shape index (κ3) is 8.00. The van der Waals surface area contributed by atoms with E-state index in [0.717, 1.165) is 4.72 Å². The Morgan fingerprint density at radius 1 is 1.25 bits per heavy atom. The second-order valence-corrected chi connectivity index (χ2v) is 6.82. The minimum atomic E-state index is -4.34. The summed E-state index contributed by atoms with van der Waals surface area (Å²) in [5, 5.41) is 8.33. The van der Waals surface area contributed by atoms with Crippen LogP contribution in [0.3, 0.4) is 0 Å². The third-order valence-electron chi connectivity index (χ3n) is 1.75. The summed E-state index contributed by atoms with van der Waals surface area (Å²) in [6.07, 6.45) is -5.06. The summed E-state index contributed by atoms with van der Waals surface area (Å²) in [6, 6.07) is 0. The molecule has 0 rings (SSSR count). The van der Waals surface area contributed by atoms with Crippen LogP contribution in [0.5, 0.6) is 0 Å². The maximum Gasteiger partial charge on any atom is 0.437 e. The van der Waals surface area contributed by atoms with E-state index in [1.165, 1.54) is 20.8 Å². The van der Waals surface area contributed by atoms with Gasteiger partial charge in [-0.1, -0.05) is 0 Å². The Kier molecular flexibility index (Phi) is 6.02. The van der Waals surface area contributed by atoms with E-state index in [2.05, 4.69) is 4.74 Å². The highest BCUT2D eigenvalue weighted by Crippen LogP contribution is 2.23. The topological polar surface area (TPSA) is 110 Å². The van der Waals surface area contributed by atoms with Crippen LogP contribution in [0, 0.1) is 0 Å². The summed E-state index contributed by atoms with van der Waals surface area (Å²) in [5.41, 5.74) is -1.35. The largest absolute Gasteiger partial charge is 0.481 e. The number of ether oxygens (including phenoxy) is 1. The Morgan fingerprint density at radius 3 is 2.15 bits per heavy atom. The van der Waals surface area contributed by atoms with E-state index in [0.29, 0.717) is 0 Å². The fourth-order valence-corrected chi connectivity index (χ4v) is 2.12. The Bertz CT molecular complexity index is 469. The smallest absolute Gasteiger partial charge is 0.437 e. The predicted octanol–water partition coefficient (Wildman–Crippen LogP) is 0.705. The summed E-state index contributed by atoms with van der Waals surface area (Å²) in [7, 11) is -4.34. The molecule has 7 nitrogen and oxygen atoms in total. The van der Waals surface area contributed by atoms with Crippen LogP contribution in [-0.4, -0.2) is 42.9 Å². The second kappa shape index (κ2) is 6.44. The van der Waals surface area contributed by atoms with Crippen molar-refractivity contribution >= 4 is 21.9 Å². The average Bonchev–Trinajstić information content (AvgIpc) is 2.11. The number of carbonyl (C=O) groups excluding carboxylic acids is 1. The molecular formula is C10H17F2NO6S. The first-order valence-electron chi connectivity index (χ1n) is 5.60. The Balaban J connectivity index is 4.61. The monoisotopic (exact) mass is 317 g/mol. The molecule has 0 radical (unpaired) electrons. The Morgan fingerprint density at radius 2 is 1.75 bits per heavy atom. The van der Waals surface area contributed by atoms with Crippen LogP contribution in [0.1, 0.15) is 33.6 Å². The molecule has 10 heteroatoms. The van der Waals surface area contributed by atoms with Gasteiger partial charge in [0.1, 0.15) is 0 Å². The van der Waals surface area contributed by atoms with Gasteiger partial charge in [0.15, 0.2) is 0 Å². The van der Waals surface area contributed by atoms with Crippen molar-refractivity contribution in [1.82, 2.24) is 4.72 Å². The number of aliphatic carboxylic acids is 1. The SMILES string of the molecule is CC(C)(C)OC(F)(F)C(=O)NS(=O)(=O)CCCC(=O)O. The molecule has 118 valence electrons. The highest BCUT2D eigenvalue weighted by molar-refractivity contribution is 7.90. The molecule has 0 aromatic rings. The van der Waals surface area contributed by atoms with Gasteiger partial charge in [0.05, 0.1) is 11.4 Å². The number of halogens is 2. The minimum absolute atomic E-state index is 0.302. The van der Waals surface area contributed by atoms with E-state index < -0.39 is 45.8 Å². The molecule has 0 heterocycles. The van der Waals surface area contributed by atoms with E-state index in [-0.39, 0.29) is 6.42 Å². The summed E-state index contributed by atoms with van der Waals surface area (Å²) in [6.45, 7) is 3.82. The van der Waals surface area contributed by atoms with E-state index >= 15 is 0 Å². The van der Waals surface area contributed by atoms with Crippen LogP contribution in [0.25, 0.3) is 0 Å². The van der Waals surface area contributed by atoms with E-state index in [9.17, 15) is 26.8 Å². The number of carboxylic acid groups (broad SMARTS) is 1. The molecule has 0 atom stereocenters. The summed E-state index contributed by atoms with van der Waals surface area (Å²) < 4.78 is 54.6. The Labute approximate surface area is 115 Å². The van der Waals surface area contributed by atoms with Gasteiger partial charge in [-0.05, 0) is 27.2 Å². The molecule has 20 heavy (non-hydrogen) atoms. The van der Waals surface area contributed by atoms with Crippen molar-refractivity contribution in [3.8, 4) is 0 Å². The lowest BCUT2D eigenvalue weighted by atomic mass is 10.2. The molecule has 0 aliphatic carbocycles. The number of hydrogen-bond acceptors (Lipinski definition) is 5. The molecule has 2 N–H and O–H groups in total. The summed E-state index contributed by atoms with van der Waals surface area (Å²) in [5.74, 6) is -4.09. The first kappa shape index (κ1) is 18.7. The molecule has 0 bridgehead atoms. The zero-order valence-electron chi connectivity index (χ0n) is 11.3. The van der Waals surface area contributed by atoms with Crippen molar-refractivity contribution in [2.75, 3.05) is 5.75 Å². The third-order valence-corrected chi connectivity index (χ3v) is 3.07. The van der Waals surface area contributed by atoms with Crippen molar-refractivity contribution in [2.24, 2.45) is 0 Å². The molecule has 0 spiro atoms. The van der Waals surface area contributed by atoms with Gasteiger partial charge in [0, 0.05) is 6.42 Å². The van der Waals surface area contributed by atoms with Crippen molar-refractivity contribution in [1.29, 1.82) is 0 Å². The van der Waals surface area contributed by atoms with E-state index in [1.54, 1.807) is 0 Å². The van der Waals surface area contributed by atoms with Gasteiger partial charge in [-0.25, -0.2) is 13.1 Å². The number of hydrogen-bond donors (Lipinski definition) is 2. The molecule has 0 unspecified atom stereocenters. The first-order chi connectivity index (χ1) is 8.75. The van der Waals surface area contributed by atoms with Crippen LogP contribution < -0.4 is 4.72 Å². The van der Waals surface area contributed by atoms with Crippen LogP contribution >= 0.6 is 0 Å². The predicted molar refractivity (Wildman–Crippen MR) is 64.6 cm³/mol. The van der Waals surface area contributed by atoms with E-state index in [1.807, 2.05) is 0 Å². The second-order valence-electron chi connectivity index (χ2n) is 4.98. The van der Waals surface area contributed by atoms with Gasteiger partial charge in [-0.15, -0.1) is 0 Å². The number of alkyl halides is 2. The maximum atomic E-state index is 13.3. The van der Waals surface area contributed by atoms with Gasteiger partial charge in [0.2, 0.25) is 10.0 Å². The van der Waals surface area contributed by atoms with Crippen LogP contribution in [0.2, 0.25) is 0 Å². The van der Waals surface area contributed by atoms with E-state index in [4.69, 9.17) is 5.11 Å². The Hall–Kier alpha value is -1.29. The molecule has 1 amide bonds. The van der Waals surface area contributed by atoms with Gasteiger partial charge < -0.3 is 9.84 Å². The number of rotatable bonds is 7. The van der Waals surface area contributed by atoms with Crippen molar-refractivity contribution in [3.05, 3.63) is 0 Å². The molecule has 0 saturated heterocycles. The summed E-state index contributed by atoms with van der Waals surface area (Å²) in [4.78, 5) is 21.4. The lowest BCUT2D eigenvalue weighted by molar-refractivity contribution is -0.266. The molecule has 0 aliphatic rings. The van der Waals surface area contributed by atoms with Crippen molar-refractivity contribution in [2.45, 2.75) is 45.3 Å². The molecule has 0 saturated carbocycles. The van der Waals surface area contributed by atoms with Crippen LogP contribution in [0.4, 0.5) is 8.78 Å². The van der Waals surface area contributed by atoms with Gasteiger partial charge in [0.25, 0.3) is 0 Å². The molecule has 0 aromatic carbocycles. The quantitative estimate of drug-likeness (QED) is 0.715. The fourth-order valence-electron chi connectivity index (χ4n) is 1.10. The molecule has 0 fully saturated rings. The van der Waals surface area contributed by atoms with Crippen LogP contribution in [-0.2, 0) is 24.3 Å². The first-order valence-corrected chi connectivity index (χ1v) is 7.25. The van der Waals surface area contributed by atoms with Gasteiger partial charge >= 0.3 is 18.0 Å². The number of nitrogens with one attached hydrogen (secondary N) is 1. The zero-order chi connectivity index (χ0) is 16.2. The highest BCUT2D eigenvalue weighted by Gasteiger charge is 2.45. The average molecular weight is 317 g/mol. The number of carboxylic acids is 1. The maximum absolute atomic E-state index is 13.3. The van der Waals surface area contributed by atoms with Crippen molar-refractivity contribution in [3.63, 3.8) is 0 Å². The summed E-state index contributed by atoms with van der Waals surface area (Å²) >= 11 is 0. The number of carbonyl (C=O) groups is 2. The van der Waals surface area contributed by atoms with Crippen LogP contribution in [0.15, 0.2) is 0 Å². The minimum Gasteiger partial charge on any atom is -0.481 e. The highest BCUT2D eigenvalue weighted by atomic mass is 32.2. The molecule has 0 aromatic heterocycles. The number of amides is 1.